The first kappa shape index (κ1) is 13.1. The molecule has 0 aliphatic heterocycles. The van der Waals surface area contributed by atoms with E-state index in [0.29, 0.717) is 0 Å². The van der Waals surface area contributed by atoms with E-state index in [9.17, 15) is 4.79 Å². The topological polar surface area (TPSA) is 44.1 Å². The number of pyridine rings is 1. The van der Waals surface area contributed by atoms with E-state index >= 15 is 0 Å². The minimum atomic E-state index is -0.513. The van der Waals surface area contributed by atoms with Crippen molar-refractivity contribution in [3.63, 3.8) is 0 Å². The van der Waals surface area contributed by atoms with Crippen molar-refractivity contribution in [1.82, 2.24) is 9.55 Å². The maximum atomic E-state index is 12.1. The summed E-state index contributed by atoms with van der Waals surface area (Å²) in [5.74, 6) is 0. The lowest BCUT2D eigenvalue weighted by Crippen LogP contribution is -2.26. The summed E-state index contributed by atoms with van der Waals surface area (Å²) in [5, 5.41) is 0.952. The fourth-order valence-electron chi connectivity index (χ4n) is 1.74. The van der Waals surface area contributed by atoms with Gasteiger partial charge in [-0.05, 0) is 49.7 Å². The molecular formula is C13H15BrN2O2. The third-order valence-corrected chi connectivity index (χ3v) is 3.08. The molecular weight excluding hydrogens is 296 g/mol. The molecule has 0 aromatic carbocycles. The van der Waals surface area contributed by atoms with Crippen LogP contribution in [0.5, 0.6) is 0 Å². The Labute approximate surface area is 114 Å². The molecule has 0 aliphatic rings. The summed E-state index contributed by atoms with van der Waals surface area (Å²) < 4.78 is 7.73. The van der Waals surface area contributed by atoms with Gasteiger partial charge in [-0.25, -0.2) is 4.79 Å². The summed E-state index contributed by atoms with van der Waals surface area (Å²) in [6.45, 7) is 7.41. The zero-order chi connectivity index (χ0) is 13.5. The normalized spacial score (nSPS) is 11.8. The first-order chi connectivity index (χ1) is 8.29. The van der Waals surface area contributed by atoms with Crippen molar-refractivity contribution in [2.75, 3.05) is 0 Å². The maximum absolute atomic E-state index is 12.1. The third-order valence-electron chi connectivity index (χ3n) is 2.45. The Bertz CT molecular complexity index is 611. The van der Waals surface area contributed by atoms with Crippen LogP contribution >= 0.6 is 15.9 Å². The van der Waals surface area contributed by atoms with Crippen LogP contribution in [0.25, 0.3) is 10.9 Å². The average Bonchev–Trinajstić information content (AvgIpc) is 2.66. The summed E-state index contributed by atoms with van der Waals surface area (Å²) in [7, 11) is 0. The van der Waals surface area contributed by atoms with E-state index in [2.05, 4.69) is 20.9 Å². The number of carbonyl (C=O) groups is 1. The maximum Gasteiger partial charge on any atom is 0.419 e. The van der Waals surface area contributed by atoms with Gasteiger partial charge in [0.2, 0.25) is 0 Å². The summed E-state index contributed by atoms with van der Waals surface area (Å²) in [6, 6.07) is 1.87. The van der Waals surface area contributed by atoms with Crippen LogP contribution in [0.3, 0.4) is 0 Å². The average molecular weight is 311 g/mol. The lowest BCUT2D eigenvalue weighted by Gasteiger charge is -2.20. The van der Waals surface area contributed by atoms with Gasteiger partial charge in [0.05, 0.1) is 11.2 Å². The number of carbonyl (C=O) groups excluding carboxylic acids is 1. The molecule has 96 valence electrons. The van der Waals surface area contributed by atoms with E-state index in [1.54, 1.807) is 12.4 Å². The molecule has 0 unspecified atom stereocenters. The number of fused-ring (bicyclic) bond motifs is 1. The molecule has 0 radical (unpaired) electrons. The van der Waals surface area contributed by atoms with Gasteiger partial charge in [-0.1, -0.05) is 0 Å². The molecule has 0 amide bonds. The number of ether oxygens (including phenoxy) is 1. The second-order valence-corrected chi connectivity index (χ2v) is 5.97. The van der Waals surface area contributed by atoms with Gasteiger partial charge in [-0.15, -0.1) is 0 Å². The Morgan fingerprint density at radius 3 is 2.72 bits per heavy atom. The lowest BCUT2D eigenvalue weighted by molar-refractivity contribution is 0.0544. The van der Waals surface area contributed by atoms with Crippen molar-refractivity contribution < 1.29 is 9.53 Å². The van der Waals surface area contributed by atoms with Gasteiger partial charge < -0.3 is 4.74 Å². The van der Waals surface area contributed by atoms with Crippen molar-refractivity contribution >= 4 is 32.9 Å². The van der Waals surface area contributed by atoms with Gasteiger partial charge >= 0.3 is 6.09 Å². The highest BCUT2D eigenvalue weighted by molar-refractivity contribution is 9.10. The molecule has 0 atom stereocenters. The molecule has 0 saturated carbocycles. The van der Waals surface area contributed by atoms with Crippen LogP contribution < -0.4 is 0 Å². The number of aromatic nitrogens is 2. The fourth-order valence-corrected chi connectivity index (χ4v) is 2.16. The zero-order valence-electron chi connectivity index (χ0n) is 10.8. The molecule has 0 saturated heterocycles. The summed E-state index contributed by atoms with van der Waals surface area (Å²) in [5.41, 5.74) is 1.06. The SMILES string of the molecule is Cc1ncc(Br)c2ccn(C(=O)OC(C)(C)C)c12. The smallest absolute Gasteiger partial charge is 0.419 e. The molecule has 5 heteroatoms. The van der Waals surface area contributed by atoms with Crippen LogP contribution in [-0.2, 0) is 4.74 Å². The van der Waals surface area contributed by atoms with Crippen molar-refractivity contribution in [3.05, 3.63) is 28.6 Å². The summed E-state index contributed by atoms with van der Waals surface area (Å²) in [6.07, 6.45) is 3.05. The van der Waals surface area contributed by atoms with E-state index in [0.717, 1.165) is 21.1 Å². The highest BCUT2D eigenvalue weighted by Gasteiger charge is 2.20. The predicted molar refractivity (Wildman–Crippen MR) is 73.8 cm³/mol. The molecule has 2 aromatic heterocycles. The van der Waals surface area contributed by atoms with E-state index < -0.39 is 5.60 Å². The lowest BCUT2D eigenvalue weighted by atomic mass is 10.2. The van der Waals surface area contributed by atoms with Crippen LogP contribution in [0.1, 0.15) is 26.5 Å². The number of hydrogen-bond donors (Lipinski definition) is 0. The number of hydrogen-bond acceptors (Lipinski definition) is 3. The number of halogens is 1. The Morgan fingerprint density at radius 2 is 2.11 bits per heavy atom. The molecule has 2 rings (SSSR count). The van der Waals surface area contributed by atoms with E-state index in [1.807, 2.05) is 33.8 Å². The Hall–Kier alpha value is -1.36. The molecule has 0 fully saturated rings. The van der Waals surface area contributed by atoms with Gasteiger partial charge in [-0.3, -0.25) is 9.55 Å². The fraction of sp³-hybridized carbons (Fsp3) is 0.385. The van der Waals surface area contributed by atoms with Gasteiger partial charge in [0.15, 0.2) is 0 Å². The Morgan fingerprint density at radius 1 is 1.44 bits per heavy atom. The number of nitrogens with zero attached hydrogens (tertiary/aromatic N) is 2. The summed E-state index contributed by atoms with van der Waals surface area (Å²) >= 11 is 3.43. The Kier molecular flexibility index (Phi) is 3.19. The van der Waals surface area contributed by atoms with Crippen LogP contribution in [0.4, 0.5) is 4.79 Å². The molecule has 4 nitrogen and oxygen atoms in total. The Balaban J connectivity index is 2.53. The second kappa shape index (κ2) is 4.39. The van der Waals surface area contributed by atoms with Gasteiger partial charge in [-0.2, -0.15) is 0 Å². The quantitative estimate of drug-likeness (QED) is 0.741. The van der Waals surface area contributed by atoms with Crippen molar-refractivity contribution in [2.24, 2.45) is 0 Å². The molecule has 2 aromatic rings. The van der Waals surface area contributed by atoms with Crippen LogP contribution in [0, 0.1) is 6.92 Å². The molecule has 0 spiro atoms. The monoisotopic (exact) mass is 310 g/mol. The standard InChI is InChI=1S/C13H15BrN2O2/c1-8-11-9(10(14)7-15-8)5-6-16(11)12(17)18-13(2,3)4/h5-7H,1-4H3. The van der Waals surface area contributed by atoms with E-state index in [1.165, 1.54) is 4.57 Å². The van der Waals surface area contributed by atoms with Gasteiger partial charge in [0.25, 0.3) is 0 Å². The largest absolute Gasteiger partial charge is 0.443 e. The van der Waals surface area contributed by atoms with Crippen molar-refractivity contribution in [3.8, 4) is 0 Å². The predicted octanol–water partition coefficient (Wildman–Crippen LogP) is 3.89. The molecule has 18 heavy (non-hydrogen) atoms. The van der Waals surface area contributed by atoms with Gasteiger partial charge in [0.1, 0.15) is 5.60 Å². The number of rotatable bonds is 0. The summed E-state index contributed by atoms with van der Waals surface area (Å²) in [4.78, 5) is 16.3. The molecule has 0 aliphatic carbocycles. The van der Waals surface area contributed by atoms with Crippen LogP contribution in [-0.4, -0.2) is 21.2 Å². The third kappa shape index (κ3) is 2.41. The number of aryl methyl sites for hydroxylation is 1. The van der Waals surface area contributed by atoms with E-state index in [-0.39, 0.29) is 6.09 Å². The van der Waals surface area contributed by atoms with Gasteiger partial charge in [0, 0.05) is 22.3 Å². The molecule has 2 heterocycles. The van der Waals surface area contributed by atoms with Crippen molar-refractivity contribution in [2.45, 2.75) is 33.3 Å². The van der Waals surface area contributed by atoms with E-state index in [4.69, 9.17) is 4.74 Å². The zero-order valence-corrected chi connectivity index (χ0v) is 12.4. The van der Waals surface area contributed by atoms with Crippen LogP contribution in [0.15, 0.2) is 22.9 Å². The minimum absolute atomic E-state index is 0.388. The second-order valence-electron chi connectivity index (χ2n) is 5.12. The molecule has 0 N–H and O–H groups in total. The van der Waals surface area contributed by atoms with Crippen LogP contribution in [0.2, 0.25) is 0 Å². The highest BCUT2D eigenvalue weighted by atomic mass is 79.9. The molecule has 0 bridgehead atoms. The first-order valence-electron chi connectivity index (χ1n) is 5.65. The highest BCUT2D eigenvalue weighted by Crippen LogP contribution is 2.26. The first-order valence-corrected chi connectivity index (χ1v) is 6.44. The van der Waals surface area contributed by atoms with Crippen molar-refractivity contribution in [1.29, 1.82) is 0 Å². The minimum Gasteiger partial charge on any atom is -0.443 e.